The maximum atomic E-state index is 11.7. The highest BCUT2D eigenvalue weighted by molar-refractivity contribution is 7.91. The number of carbonyl (C=O) groups is 1. The van der Waals surface area contributed by atoms with Crippen molar-refractivity contribution in [3.8, 4) is 0 Å². The van der Waals surface area contributed by atoms with Crippen LogP contribution in [-0.4, -0.2) is 30.7 Å². The highest BCUT2D eigenvalue weighted by atomic mass is 32.2. The van der Waals surface area contributed by atoms with Gasteiger partial charge in [0, 0.05) is 12.3 Å². The van der Waals surface area contributed by atoms with Crippen molar-refractivity contribution in [1.29, 1.82) is 0 Å². The molecule has 0 radical (unpaired) electrons. The SMILES string of the molecule is O=C1CCCc2nc(C3CCS(=O)(=O)C3)sc21. The number of sulfone groups is 1. The van der Waals surface area contributed by atoms with Crippen molar-refractivity contribution in [3.63, 3.8) is 0 Å². The fourth-order valence-corrected chi connectivity index (χ4v) is 5.52. The third-order valence-corrected chi connectivity index (χ3v) is 6.44. The maximum absolute atomic E-state index is 11.7. The lowest BCUT2D eigenvalue weighted by atomic mass is 10.0. The van der Waals surface area contributed by atoms with E-state index in [1.807, 2.05) is 0 Å². The van der Waals surface area contributed by atoms with Gasteiger partial charge >= 0.3 is 0 Å². The first kappa shape index (κ1) is 11.3. The number of ketones is 1. The molecule has 1 aliphatic carbocycles. The fraction of sp³-hybridized carbons (Fsp3) is 0.636. The van der Waals surface area contributed by atoms with Gasteiger partial charge in [-0.3, -0.25) is 4.79 Å². The summed E-state index contributed by atoms with van der Waals surface area (Å²) in [5.74, 6) is 0.656. The van der Waals surface area contributed by atoms with E-state index in [9.17, 15) is 13.2 Å². The molecule has 2 heterocycles. The molecule has 1 fully saturated rings. The zero-order valence-electron chi connectivity index (χ0n) is 9.31. The molecule has 6 heteroatoms. The van der Waals surface area contributed by atoms with Gasteiger partial charge in [-0.15, -0.1) is 11.3 Å². The highest BCUT2D eigenvalue weighted by Crippen LogP contribution is 2.35. The topological polar surface area (TPSA) is 64.1 Å². The van der Waals surface area contributed by atoms with Crippen LogP contribution in [-0.2, 0) is 16.3 Å². The van der Waals surface area contributed by atoms with E-state index in [1.54, 1.807) is 0 Å². The van der Waals surface area contributed by atoms with Crippen LogP contribution < -0.4 is 0 Å². The molecule has 0 bridgehead atoms. The van der Waals surface area contributed by atoms with E-state index in [0.29, 0.717) is 12.8 Å². The molecule has 0 spiro atoms. The first-order chi connectivity index (χ1) is 8.05. The Labute approximate surface area is 104 Å². The lowest BCUT2D eigenvalue weighted by Crippen LogP contribution is -2.07. The lowest BCUT2D eigenvalue weighted by Gasteiger charge is -2.06. The van der Waals surface area contributed by atoms with Crippen LogP contribution in [0.1, 0.15) is 45.6 Å². The van der Waals surface area contributed by atoms with E-state index < -0.39 is 9.84 Å². The number of rotatable bonds is 1. The van der Waals surface area contributed by atoms with Gasteiger partial charge in [0.05, 0.1) is 27.1 Å². The molecule has 3 rings (SSSR count). The summed E-state index contributed by atoms with van der Waals surface area (Å²) in [4.78, 5) is 16.9. The van der Waals surface area contributed by atoms with Gasteiger partial charge in [0.2, 0.25) is 0 Å². The number of hydrogen-bond donors (Lipinski definition) is 0. The standard InChI is InChI=1S/C11H13NO3S2/c13-9-3-1-2-8-10(9)16-11(12-8)7-4-5-17(14,15)6-7/h7H,1-6H2. The Hall–Kier alpha value is -0.750. The van der Waals surface area contributed by atoms with E-state index in [2.05, 4.69) is 4.98 Å². The Morgan fingerprint density at radius 1 is 1.29 bits per heavy atom. The van der Waals surface area contributed by atoms with E-state index in [1.165, 1.54) is 11.3 Å². The normalized spacial score (nSPS) is 27.1. The smallest absolute Gasteiger partial charge is 0.174 e. The van der Waals surface area contributed by atoms with Crippen LogP contribution in [0.2, 0.25) is 0 Å². The Balaban J connectivity index is 1.93. The second kappa shape index (κ2) is 3.88. The van der Waals surface area contributed by atoms with Crippen molar-refractivity contribution >= 4 is 27.0 Å². The number of aryl methyl sites for hydroxylation is 1. The number of nitrogens with zero attached hydrogens (tertiary/aromatic N) is 1. The van der Waals surface area contributed by atoms with E-state index in [-0.39, 0.29) is 23.2 Å². The molecule has 0 saturated carbocycles. The molecule has 1 saturated heterocycles. The van der Waals surface area contributed by atoms with Crippen molar-refractivity contribution in [2.24, 2.45) is 0 Å². The van der Waals surface area contributed by atoms with Crippen LogP contribution in [0.25, 0.3) is 0 Å². The number of thiazole rings is 1. The molecule has 2 aliphatic rings. The zero-order chi connectivity index (χ0) is 12.0. The predicted molar refractivity (Wildman–Crippen MR) is 65.4 cm³/mol. The average Bonchev–Trinajstić information content (AvgIpc) is 2.82. The molecule has 1 unspecified atom stereocenters. The summed E-state index contributed by atoms with van der Waals surface area (Å²) >= 11 is 1.42. The van der Waals surface area contributed by atoms with Crippen molar-refractivity contribution < 1.29 is 13.2 Å². The van der Waals surface area contributed by atoms with Gasteiger partial charge in [0.1, 0.15) is 0 Å². The second-order valence-electron chi connectivity index (χ2n) is 4.70. The van der Waals surface area contributed by atoms with Crippen LogP contribution in [0, 0.1) is 0 Å². The number of fused-ring (bicyclic) bond motifs is 1. The predicted octanol–water partition coefficient (Wildman–Crippen LogP) is 1.56. The fourth-order valence-electron chi connectivity index (χ4n) is 2.45. The largest absolute Gasteiger partial charge is 0.293 e. The third kappa shape index (κ3) is 2.04. The number of hydrogen-bond acceptors (Lipinski definition) is 5. The minimum atomic E-state index is -2.88. The molecule has 92 valence electrons. The van der Waals surface area contributed by atoms with Crippen LogP contribution in [0.3, 0.4) is 0 Å². The van der Waals surface area contributed by atoms with Gasteiger partial charge in [0.15, 0.2) is 15.6 Å². The van der Waals surface area contributed by atoms with Crippen molar-refractivity contribution in [3.05, 3.63) is 15.6 Å². The Morgan fingerprint density at radius 2 is 2.12 bits per heavy atom. The van der Waals surface area contributed by atoms with Crippen molar-refractivity contribution in [2.75, 3.05) is 11.5 Å². The molecule has 1 aliphatic heterocycles. The van der Waals surface area contributed by atoms with Crippen LogP contribution in [0.15, 0.2) is 0 Å². The molecule has 1 atom stereocenters. The van der Waals surface area contributed by atoms with E-state index >= 15 is 0 Å². The summed E-state index contributed by atoms with van der Waals surface area (Å²) in [6.45, 7) is 0. The summed E-state index contributed by atoms with van der Waals surface area (Å²) < 4.78 is 22.9. The molecule has 1 aromatic heterocycles. The third-order valence-electron chi connectivity index (χ3n) is 3.37. The lowest BCUT2D eigenvalue weighted by molar-refractivity contribution is 0.0976. The summed E-state index contributed by atoms with van der Waals surface area (Å²) in [5.41, 5.74) is 0.894. The van der Waals surface area contributed by atoms with E-state index in [0.717, 1.165) is 28.4 Å². The average molecular weight is 271 g/mol. The van der Waals surface area contributed by atoms with Crippen LogP contribution >= 0.6 is 11.3 Å². The summed E-state index contributed by atoms with van der Waals surface area (Å²) in [6.07, 6.45) is 3.00. The number of Topliss-reactive ketones (excluding diaryl/α,β-unsaturated/α-hetero) is 1. The first-order valence-electron chi connectivity index (χ1n) is 5.78. The minimum absolute atomic E-state index is 0.0170. The molecular weight excluding hydrogens is 258 g/mol. The Kier molecular flexibility index (Phi) is 2.59. The van der Waals surface area contributed by atoms with Gasteiger partial charge in [-0.2, -0.15) is 0 Å². The molecule has 1 aromatic rings. The quantitative estimate of drug-likeness (QED) is 0.777. The molecular formula is C11H13NO3S2. The first-order valence-corrected chi connectivity index (χ1v) is 8.42. The van der Waals surface area contributed by atoms with Gasteiger partial charge in [-0.25, -0.2) is 13.4 Å². The zero-order valence-corrected chi connectivity index (χ0v) is 10.9. The summed E-state index contributed by atoms with van der Waals surface area (Å²) in [6, 6.07) is 0. The molecule has 17 heavy (non-hydrogen) atoms. The second-order valence-corrected chi connectivity index (χ2v) is 7.96. The van der Waals surface area contributed by atoms with Gasteiger partial charge < -0.3 is 0 Å². The van der Waals surface area contributed by atoms with Gasteiger partial charge in [-0.05, 0) is 19.3 Å². The van der Waals surface area contributed by atoms with Gasteiger partial charge in [-0.1, -0.05) is 0 Å². The summed E-state index contributed by atoms with van der Waals surface area (Å²) in [5, 5.41) is 0.853. The molecule has 0 amide bonds. The maximum Gasteiger partial charge on any atom is 0.174 e. The van der Waals surface area contributed by atoms with Crippen LogP contribution in [0.5, 0.6) is 0 Å². The number of aromatic nitrogens is 1. The molecule has 0 aromatic carbocycles. The van der Waals surface area contributed by atoms with Crippen LogP contribution in [0.4, 0.5) is 0 Å². The van der Waals surface area contributed by atoms with Crippen molar-refractivity contribution in [1.82, 2.24) is 4.98 Å². The summed E-state index contributed by atoms with van der Waals surface area (Å²) in [7, 11) is -2.88. The monoisotopic (exact) mass is 271 g/mol. The Morgan fingerprint density at radius 3 is 2.76 bits per heavy atom. The van der Waals surface area contributed by atoms with E-state index in [4.69, 9.17) is 0 Å². The molecule has 4 nitrogen and oxygen atoms in total. The Bertz CT molecular complexity index is 574. The van der Waals surface area contributed by atoms with Crippen molar-refractivity contribution in [2.45, 2.75) is 31.6 Å². The van der Waals surface area contributed by atoms with Gasteiger partial charge in [0.25, 0.3) is 0 Å². The minimum Gasteiger partial charge on any atom is -0.293 e. The highest BCUT2D eigenvalue weighted by Gasteiger charge is 2.33. The number of carbonyl (C=O) groups excluding carboxylic acids is 1. The molecule has 0 N–H and O–H groups in total.